The lowest BCUT2D eigenvalue weighted by molar-refractivity contribution is 0.242. The first-order chi connectivity index (χ1) is 6.22. The van der Waals surface area contributed by atoms with Gasteiger partial charge in [-0.05, 0) is 18.6 Å². The van der Waals surface area contributed by atoms with Gasteiger partial charge in [0.15, 0.2) is 0 Å². The van der Waals surface area contributed by atoms with Gasteiger partial charge < -0.3 is 10.6 Å². The van der Waals surface area contributed by atoms with Crippen molar-refractivity contribution in [3.8, 4) is 0 Å². The summed E-state index contributed by atoms with van der Waals surface area (Å²) in [7, 11) is 1.58. The van der Waals surface area contributed by atoms with Crippen molar-refractivity contribution in [3.63, 3.8) is 0 Å². The Morgan fingerprint density at radius 2 is 2.31 bits per heavy atom. The maximum Gasteiger partial charge on any atom is 0.314 e. The molecule has 1 aromatic rings. The summed E-state index contributed by atoms with van der Waals surface area (Å²) in [6.07, 6.45) is 1.78. The summed E-state index contributed by atoms with van der Waals surface area (Å²) >= 11 is 0. The average molecular weight is 179 g/mol. The average Bonchev–Trinajstić information content (AvgIpc) is 2.16. The molecule has 1 rings (SSSR count). The van der Waals surface area contributed by atoms with Crippen molar-refractivity contribution in [2.75, 3.05) is 7.05 Å². The van der Waals surface area contributed by atoms with E-state index in [9.17, 15) is 4.79 Å². The molecule has 0 atom stereocenters. The summed E-state index contributed by atoms with van der Waals surface area (Å²) < 4.78 is 0. The van der Waals surface area contributed by atoms with Crippen LogP contribution in [0.2, 0.25) is 0 Å². The zero-order valence-electron chi connectivity index (χ0n) is 7.79. The largest absolute Gasteiger partial charge is 0.341 e. The Morgan fingerprint density at radius 3 is 2.85 bits per heavy atom. The van der Waals surface area contributed by atoms with Crippen LogP contribution < -0.4 is 10.6 Å². The molecular formula is C9H13N3O. The van der Waals surface area contributed by atoms with Gasteiger partial charge in [-0.15, -0.1) is 0 Å². The molecular weight excluding hydrogens is 166 g/mol. The first-order valence-electron chi connectivity index (χ1n) is 4.09. The van der Waals surface area contributed by atoms with E-state index in [2.05, 4.69) is 15.6 Å². The molecule has 0 aliphatic carbocycles. The van der Waals surface area contributed by atoms with Crippen LogP contribution in [0.3, 0.4) is 0 Å². The van der Waals surface area contributed by atoms with Crippen LogP contribution in [0.5, 0.6) is 0 Å². The molecule has 0 bridgehead atoms. The smallest absolute Gasteiger partial charge is 0.314 e. The van der Waals surface area contributed by atoms with Gasteiger partial charge in [0.1, 0.15) is 0 Å². The first kappa shape index (κ1) is 9.51. The van der Waals surface area contributed by atoms with Crippen molar-refractivity contribution < 1.29 is 4.79 Å². The van der Waals surface area contributed by atoms with E-state index in [-0.39, 0.29) is 6.03 Å². The zero-order valence-corrected chi connectivity index (χ0v) is 7.79. The minimum absolute atomic E-state index is 0.192. The predicted octanol–water partition coefficient (Wildman–Crippen LogP) is 0.819. The summed E-state index contributed by atoms with van der Waals surface area (Å²) in [5, 5.41) is 5.12. The number of carbonyl (C=O) groups is 1. The molecule has 1 aromatic heterocycles. The normalized spacial score (nSPS) is 9.38. The Balaban J connectivity index is 2.46. The Kier molecular flexibility index (Phi) is 3.25. The summed E-state index contributed by atoms with van der Waals surface area (Å²) in [4.78, 5) is 14.9. The van der Waals surface area contributed by atoms with Gasteiger partial charge in [-0.25, -0.2) is 4.79 Å². The molecule has 0 fully saturated rings. The van der Waals surface area contributed by atoms with Crippen LogP contribution in [0.4, 0.5) is 4.79 Å². The van der Waals surface area contributed by atoms with E-state index in [0.717, 1.165) is 11.3 Å². The standard InChI is InChI=1S/C9H13N3O/c1-7-3-4-8(11-5-7)6-12-9(13)10-2/h3-5H,6H2,1-2H3,(H2,10,12,13). The molecule has 4 nitrogen and oxygen atoms in total. The summed E-state index contributed by atoms with van der Waals surface area (Å²) in [6.45, 7) is 2.43. The molecule has 70 valence electrons. The highest BCUT2D eigenvalue weighted by Gasteiger charge is 1.96. The van der Waals surface area contributed by atoms with Gasteiger partial charge in [0, 0.05) is 13.2 Å². The third kappa shape index (κ3) is 3.11. The van der Waals surface area contributed by atoms with Crippen LogP contribution in [0.15, 0.2) is 18.3 Å². The number of amides is 2. The Hall–Kier alpha value is -1.58. The second-order valence-electron chi connectivity index (χ2n) is 2.76. The summed E-state index contributed by atoms with van der Waals surface area (Å²) in [5.74, 6) is 0. The highest BCUT2D eigenvalue weighted by atomic mass is 16.2. The van der Waals surface area contributed by atoms with Crippen LogP contribution in [0, 0.1) is 6.92 Å². The van der Waals surface area contributed by atoms with E-state index in [0.29, 0.717) is 6.54 Å². The Labute approximate surface area is 77.4 Å². The van der Waals surface area contributed by atoms with Crippen molar-refractivity contribution in [2.24, 2.45) is 0 Å². The molecule has 4 heteroatoms. The van der Waals surface area contributed by atoms with Gasteiger partial charge in [-0.3, -0.25) is 4.98 Å². The maximum atomic E-state index is 10.8. The van der Waals surface area contributed by atoms with E-state index in [4.69, 9.17) is 0 Å². The number of rotatable bonds is 2. The lowest BCUT2D eigenvalue weighted by atomic mass is 10.3. The molecule has 2 N–H and O–H groups in total. The Morgan fingerprint density at radius 1 is 1.54 bits per heavy atom. The molecule has 0 aliphatic rings. The number of carbonyl (C=O) groups excluding carboxylic acids is 1. The number of hydrogen-bond acceptors (Lipinski definition) is 2. The van der Waals surface area contributed by atoms with Crippen LogP contribution in [-0.4, -0.2) is 18.1 Å². The zero-order chi connectivity index (χ0) is 9.68. The van der Waals surface area contributed by atoms with E-state index >= 15 is 0 Å². The summed E-state index contributed by atoms with van der Waals surface area (Å²) in [6, 6.07) is 3.67. The lowest BCUT2D eigenvalue weighted by Crippen LogP contribution is -2.32. The van der Waals surface area contributed by atoms with E-state index in [1.165, 1.54) is 0 Å². The van der Waals surface area contributed by atoms with Gasteiger partial charge in [0.2, 0.25) is 0 Å². The van der Waals surface area contributed by atoms with Gasteiger partial charge >= 0.3 is 6.03 Å². The second kappa shape index (κ2) is 4.45. The highest BCUT2D eigenvalue weighted by molar-refractivity contribution is 5.73. The van der Waals surface area contributed by atoms with Gasteiger partial charge in [0.05, 0.1) is 12.2 Å². The number of nitrogens with zero attached hydrogens (tertiary/aromatic N) is 1. The number of urea groups is 1. The molecule has 1 heterocycles. The maximum absolute atomic E-state index is 10.8. The van der Waals surface area contributed by atoms with E-state index in [1.807, 2.05) is 19.1 Å². The van der Waals surface area contributed by atoms with Gasteiger partial charge in [0.25, 0.3) is 0 Å². The number of aryl methyl sites for hydroxylation is 1. The molecule has 0 radical (unpaired) electrons. The van der Waals surface area contributed by atoms with Crippen LogP contribution in [0.25, 0.3) is 0 Å². The lowest BCUT2D eigenvalue weighted by Gasteiger charge is -2.03. The molecule has 0 saturated heterocycles. The predicted molar refractivity (Wildman–Crippen MR) is 50.3 cm³/mol. The molecule has 0 aliphatic heterocycles. The van der Waals surface area contributed by atoms with Crippen LogP contribution in [0.1, 0.15) is 11.3 Å². The van der Waals surface area contributed by atoms with Crippen LogP contribution in [-0.2, 0) is 6.54 Å². The molecule has 0 aromatic carbocycles. The van der Waals surface area contributed by atoms with Gasteiger partial charge in [-0.1, -0.05) is 6.07 Å². The molecule has 0 unspecified atom stereocenters. The fourth-order valence-corrected chi connectivity index (χ4v) is 0.862. The molecule has 13 heavy (non-hydrogen) atoms. The van der Waals surface area contributed by atoms with Crippen molar-refractivity contribution in [1.29, 1.82) is 0 Å². The number of nitrogens with one attached hydrogen (secondary N) is 2. The van der Waals surface area contributed by atoms with Gasteiger partial charge in [-0.2, -0.15) is 0 Å². The van der Waals surface area contributed by atoms with Crippen molar-refractivity contribution in [1.82, 2.24) is 15.6 Å². The van der Waals surface area contributed by atoms with Crippen molar-refractivity contribution in [3.05, 3.63) is 29.6 Å². The SMILES string of the molecule is CNC(=O)NCc1ccc(C)cn1. The van der Waals surface area contributed by atoms with E-state index < -0.39 is 0 Å². The second-order valence-corrected chi connectivity index (χ2v) is 2.76. The summed E-state index contributed by atoms with van der Waals surface area (Å²) in [5.41, 5.74) is 1.97. The minimum Gasteiger partial charge on any atom is -0.341 e. The quantitative estimate of drug-likeness (QED) is 0.706. The first-order valence-corrected chi connectivity index (χ1v) is 4.09. The minimum atomic E-state index is -0.192. The number of hydrogen-bond donors (Lipinski definition) is 2. The topological polar surface area (TPSA) is 54.0 Å². The third-order valence-electron chi connectivity index (χ3n) is 1.63. The molecule has 0 saturated carbocycles. The van der Waals surface area contributed by atoms with Crippen LogP contribution >= 0.6 is 0 Å². The number of aromatic nitrogens is 1. The number of pyridine rings is 1. The fourth-order valence-electron chi connectivity index (χ4n) is 0.862. The third-order valence-corrected chi connectivity index (χ3v) is 1.63. The molecule has 0 spiro atoms. The fraction of sp³-hybridized carbons (Fsp3) is 0.333. The highest BCUT2D eigenvalue weighted by Crippen LogP contribution is 1.97. The monoisotopic (exact) mass is 179 g/mol. The Bertz CT molecular complexity index is 281. The molecule has 2 amide bonds. The van der Waals surface area contributed by atoms with E-state index in [1.54, 1.807) is 13.2 Å². The van der Waals surface area contributed by atoms with Crippen molar-refractivity contribution in [2.45, 2.75) is 13.5 Å². The van der Waals surface area contributed by atoms with Crippen molar-refractivity contribution >= 4 is 6.03 Å².